The Labute approximate surface area is 94.9 Å². The molecule has 0 bridgehead atoms. The van der Waals surface area contributed by atoms with Crippen LogP contribution in [-0.4, -0.2) is 34.6 Å². The summed E-state index contributed by atoms with van der Waals surface area (Å²) in [6.45, 7) is 6.55. The van der Waals surface area contributed by atoms with Crippen molar-refractivity contribution in [1.29, 1.82) is 0 Å². The minimum absolute atomic E-state index is 0.0674. The number of β-amino-alcohol motifs (C(OH)–C–C–N with tert-alkyl or cyclic N) is 1. The molecule has 1 amide bonds. The normalized spacial score (nSPS) is 18.7. The van der Waals surface area contributed by atoms with Gasteiger partial charge in [-0.15, -0.1) is 0 Å². The first kappa shape index (κ1) is 11.2. The summed E-state index contributed by atoms with van der Waals surface area (Å²) in [5.74, 6) is 0.827. The lowest BCUT2D eigenvalue weighted by Crippen LogP contribution is -2.65. The molecule has 88 valence electrons. The summed E-state index contributed by atoms with van der Waals surface area (Å²) in [7, 11) is 0. The highest BCUT2D eigenvalue weighted by Gasteiger charge is 2.46. The lowest BCUT2D eigenvalue weighted by Gasteiger charge is -2.48. The van der Waals surface area contributed by atoms with E-state index in [-0.39, 0.29) is 11.8 Å². The van der Waals surface area contributed by atoms with Crippen LogP contribution in [0.5, 0.6) is 0 Å². The number of nitrogens with zero attached hydrogens (tertiary/aromatic N) is 1. The van der Waals surface area contributed by atoms with Gasteiger partial charge in [0, 0.05) is 0 Å². The van der Waals surface area contributed by atoms with Gasteiger partial charge in [0.1, 0.15) is 17.6 Å². The molecule has 0 aromatic carbocycles. The highest BCUT2D eigenvalue weighted by Crippen LogP contribution is 2.29. The van der Waals surface area contributed by atoms with Crippen LogP contribution in [0.1, 0.15) is 30.0 Å². The number of hydrogen-bond donors (Lipinski definition) is 1. The lowest BCUT2D eigenvalue weighted by molar-refractivity contribution is -0.110. The van der Waals surface area contributed by atoms with Crippen LogP contribution >= 0.6 is 0 Å². The number of rotatable bonds is 2. The van der Waals surface area contributed by atoms with E-state index in [0.717, 1.165) is 5.76 Å². The summed E-state index contributed by atoms with van der Waals surface area (Å²) < 4.78 is 5.09. The van der Waals surface area contributed by atoms with E-state index in [9.17, 15) is 9.90 Å². The second-order valence-electron chi connectivity index (χ2n) is 4.87. The summed E-state index contributed by atoms with van der Waals surface area (Å²) in [5.41, 5.74) is -0.155. The second kappa shape index (κ2) is 3.63. The smallest absolute Gasteiger partial charge is 0.257 e. The Bertz CT molecular complexity index is 402. The molecule has 0 atom stereocenters. The summed E-state index contributed by atoms with van der Waals surface area (Å²) in [6, 6.07) is 1.72. The van der Waals surface area contributed by atoms with Crippen molar-refractivity contribution in [3.8, 4) is 0 Å². The Morgan fingerprint density at radius 3 is 2.62 bits per heavy atom. The van der Waals surface area contributed by atoms with Gasteiger partial charge in [-0.2, -0.15) is 0 Å². The third-order valence-corrected chi connectivity index (χ3v) is 3.27. The van der Waals surface area contributed by atoms with Crippen LogP contribution in [0, 0.1) is 12.8 Å². The summed E-state index contributed by atoms with van der Waals surface area (Å²) >= 11 is 0. The average molecular weight is 223 g/mol. The number of aryl methyl sites for hydroxylation is 1. The van der Waals surface area contributed by atoms with E-state index >= 15 is 0 Å². The van der Waals surface area contributed by atoms with Crippen LogP contribution < -0.4 is 0 Å². The molecule has 1 aromatic rings. The number of hydrogen-bond acceptors (Lipinski definition) is 3. The SMILES string of the molecule is Cc1cc(C(=O)N2CC(O)(C(C)C)C2)co1. The lowest BCUT2D eigenvalue weighted by atomic mass is 9.83. The maximum atomic E-state index is 11.9. The van der Waals surface area contributed by atoms with Gasteiger partial charge in [0.2, 0.25) is 0 Å². The highest BCUT2D eigenvalue weighted by molar-refractivity contribution is 5.94. The standard InChI is InChI=1S/C12H17NO3/c1-8(2)12(15)6-13(7-12)11(14)10-4-9(3)16-5-10/h4-5,8,15H,6-7H2,1-3H3. The minimum atomic E-state index is -0.714. The van der Waals surface area contributed by atoms with Crippen molar-refractivity contribution in [2.45, 2.75) is 26.4 Å². The first-order valence-electron chi connectivity index (χ1n) is 5.49. The Kier molecular flexibility index (Phi) is 2.54. The topological polar surface area (TPSA) is 53.7 Å². The molecule has 2 heterocycles. The zero-order chi connectivity index (χ0) is 11.9. The zero-order valence-electron chi connectivity index (χ0n) is 9.86. The third kappa shape index (κ3) is 1.73. The molecule has 1 aromatic heterocycles. The Morgan fingerprint density at radius 2 is 2.19 bits per heavy atom. The van der Waals surface area contributed by atoms with Crippen LogP contribution in [0.25, 0.3) is 0 Å². The van der Waals surface area contributed by atoms with Crippen molar-refractivity contribution >= 4 is 5.91 Å². The minimum Gasteiger partial charge on any atom is -0.469 e. The molecule has 1 aliphatic rings. The molecule has 0 radical (unpaired) electrons. The number of carbonyl (C=O) groups excluding carboxylic acids is 1. The van der Waals surface area contributed by atoms with Gasteiger partial charge in [-0.25, -0.2) is 0 Å². The van der Waals surface area contributed by atoms with Crippen LogP contribution in [0.15, 0.2) is 16.7 Å². The molecule has 16 heavy (non-hydrogen) atoms. The van der Waals surface area contributed by atoms with Gasteiger partial charge in [-0.1, -0.05) is 13.8 Å². The zero-order valence-corrected chi connectivity index (χ0v) is 9.86. The van der Waals surface area contributed by atoms with E-state index in [4.69, 9.17) is 4.42 Å². The molecule has 1 aliphatic heterocycles. The highest BCUT2D eigenvalue weighted by atomic mass is 16.3. The van der Waals surface area contributed by atoms with Crippen molar-refractivity contribution in [3.63, 3.8) is 0 Å². The quantitative estimate of drug-likeness (QED) is 0.825. The van der Waals surface area contributed by atoms with Gasteiger partial charge < -0.3 is 14.4 Å². The predicted molar refractivity (Wildman–Crippen MR) is 59.1 cm³/mol. The second-order valence-corrected chi connectivity index (χ2v) is 4.87. The molecular formula is C12H17NO3. The molecule has 4 heteroatoms. The molecule has 1 saturated heterocycles. The molecule has 4 nitrogen and oxygen atoms in total. The third-order valence-electron chi connectivity index (χ3n) is 3.27. The first-order valence-corrected chi connectivity index (χ1v) is 5.49. The Hall–Kier alpha value is -1.29. The van der Waals surface area contributed by atoms with Crippen LogP contribution in [0.3, 0.4) is 0 Å². The number of furan rings is 1. The van der Waals surface area contributed by atoms with Gasteiger partial charge >= 0.3 is 0 Å². The maximum Gasteiger partial charge on any atom is 0.257 e. The molecule has 1 fully saturated rings. The van der Waals surface area contributed by atoms with Gasteiger partial charge in [0.05, 0.1) is 18.7 Å². The monoisotopic (exact) mass is 223 g/mol. The number of aliphatic hydroxyl groups is 1. The maximum absolute atomic E-state index is 11.9. The Morgan fingerprint density at radius 1 is 1.56 bits per heavy atom. The molecule has 0 saturated carbocycles. The number of carbonyl (C=O) groups is 1. The summed E-state index contributed by atoms with van der Waals surface area (Å²) in [4.78, 5) is 13.5. The van der Waals surface area contributed by atoms with Crippen LogP contribution in [0.2, 0.25) is 0 Å². The van der Waals surface area contributed by atoms with E-state index in [1.165, 1.54) is 6.26 Å². The summed E-state index contributed by atoms with van der Waals surface area (Å²) in [5, 5.41) is 10.0. The average Bonchev–Trinajstić information content (AvgIpc) is 2.58. The van der Waals surface area contributed by atoms with Gasteiger partial charge in [-0.3, -0.25) is 4.79 Å². The summed E-state index contributed by atoms with van der Waals surface area (Å²) in [6.07, 6.45) is 1.46. The molecule has 2 rings (SSSR count). The fraction of sp³-hybridized carbons (Fsp3) is 0.583. The van der Waals surface area contributed by atoms with Crippen molar-refractivity contribution < 1.29 is 14.3 Å². The van der Waals surface area contributed by atoms with Crippen LogP contribution in [0.4, 0.5) is 0 Å². The molecule has 0 spiro atoms. The van der Waals surface area contributed by atoms with Gasteiger partial charge in [-0.05, 0) is 18.9 Å². The largest absolute Gasteiger partial charge is 0.469 e. The fourth-order valence-electron chi connectivity index (χ4n) is 1.86. The molecule has 0 unspecified atom stereocenters. The van der Waals surface area contributed by atoms with E-state index in [1.54, 1.807) is 17.9 Å². The van der Waals surface area contributed by atoms with Crippen LogP contribution in [-0.2, 0) is 0 Å². The first-order chi connectivity index (χ1) is 7.42. The van der Waals surface area contributed by atoms with Crippen molar-refractivity contribution in [2.75, 3.05) is 13.1 Å². The van der Waals surface area contributed by atoms with Crippen molar-refractivity contribution in [1.82, 2.24) is 4.90 Å². The van der Waals surface area contributed by atoms with E-state index < -0.39 is 5.60 Å². The van der Waals surface area contributed by atoms with Crippen molar-refractivity contribution in [2.24, 2.45) is 5.92 Å². The number of amides is 1. The molecule has 1 N–H and O–H groups in total. The predicted octanol–water partition coefficient (Wildman–Crippen LogP) is 1.43. The van der Waals surface area contributed by atoms with E-state index in [0.29, 0.717) is 18.7 Å². The van der Waals surface area contributed by atoms with E-state index in [1.807, 2.05) is 13.8 Å². The number of likely N-dealkylation sites (tertiary alicyclic amines) is 1. The molecular weight excluding hydrogens is 206 g/mol. The molecule has 0 aliphatic carbocycles. The van der Waals surface area contributed by atoms with Gasteiger partial charge in [0.15, 0.2) is 0 Å². The Balaban J connectivity index is 2.00. The fourth-order valence-corrected chi connectivity index (χ4v) is 1.86. The van der Waals surface area contributed by atoms with Gasteiger partial charge in [0.25, 0.3) is 5.91 Å². The van der Waals surface area contributed by atoms with E-state index in [2.05, 4.69) is 0 Å². The van der Waals surface area contributed by atoms with Crippen molar-refractivity contribution in [3.05, 3.63) is 23.7 Å².